The number of carbonyl (C=O) groups is 1. The van der Waals surface area contributed by atoms with E-state index in [2.05, 4.69) is 17.1 Å². The van der Waals surface area contributed by atoms with Crippen molar-refractivity contribution in [2.75, 3.05) is 33.4 Å². The molecular weight excluding hydrogens is 277 g/mol. The van der Waals surface area contributed by atoms with E-state index in [1.807, 2.05) is 0 Å². The Morgan fingerprint density at radius 3 is 2.44 bits per heavy atom. The van der Waals surface area contributed by atoms with Gasteiger partial charge in [-0.3, -0.25) is 4.79 Å². The Hall–Kier alpha value is -0.0700. The largest absolute Gasteiger partial charge is 0.383 e. The average molecular weight is 302 g/mol. The predicted molar refractivity (Wildman–Crippen MR) is 77.6 cm³/mol. The number of hydrogen-bond donors (Lipinski definition) is 2. The zero-order chi connectivity index (χ0) is 12.0. The second-order valence-electron chi connectivity index (χ2n) is 4.28. The Morgan fingerprint density at radius 1 is 1.44 bits per heavy atom. The lowest BCUT2D eigenvalue weighted by atomic mass is 10.0. The first kappa shape index (κ1) is 20.3. The maximum absolute atomic E-state index is 11.6. The molecule has 0 aromatic heterocycles. The molecule has 0 bridgehead atoms. The number of ether oxygens (including phenoxy) is 1. The summed E-state index contributed by atoms with van der Waals surface area (Å²) in [6, 6.07) is -0.271. The van der Waals surface area contributed by atoms with Crippen LogP contribution < -0.4 is 11.1 Å². The fourth-order valence-corrected chi connectivity index (χ4v) is 1.96. The van der Waals surface area contributed by atoms with Crippen molar-refractivity contribution < 1.29 is 9.53 Å². The third-order valence-electron chi connectivity index (χ3n) is 3.06. The van der Waals surface area contributed by atoms with Crippen LogP contribution in [0.2, 0.25) is 0 Å². The van der Waals surface area contributed by atoms with Crippen LogP contribution in [-0.2, 0) is 9.53 Å². The van der Waals surface area contributed by atoms with Gasteiger partial charge in [0.2, 0.25) is 5.91 Å². The Kier molecular flexibility index (Phi) is 12.2. The van der Waals surface area contributed by atoms with Crippen LogP contribution >= 0.6 is 24.8 Å². The molecule has 5 nitrogen and oxygen atoms in total. The number of piperidine rings is 1. The summed E-state index contributed by atoms with van der Waals surface area (Å²) in [6.45, 7) is 5.64. The van der Waals surface area contributed by atoms with Crippen molar-refractivity contribution in [3.05, 3.63) is 0 Å². The highest BCUT2D eigenvalue weighted by atomic mass is 35.5. The Bertz CT molecular complexity index is 224. The van der Waals surface area contributed by atoms with E-state index in [0.29, 0.717) is 0 Å². The van der Waals surface area contributed by atoms with Gasteiger partial charge in [0.1, 0.15) is 6.04 Å². The van der Waals surface area contributed by atoms with Crippen LogP contribution in [0.4, 0.5) is 0 Å². The van der Waals surface area contributed by atoms with Crippen molar-refractivity contribution >= 4 is 30.7 Å². The Labute approximate surface area is 122 Å². The van der Waals surface area contributed by atoms with E-state index in [1.165, 1.54) is 0 Å². The number of rotatable bonds is 5. The molecule has 7 heteroatoms. The first-order valence-corrected chi connectivity index (χ1v) is 5.94. The van der Waals surface area contributed by atoms with Gasteiger partial charge in [0.25, 0.3) is 0 Å². The van der Waals surface area contributed by atoms with E-state index < -0.39 is 6.04 Å². The van der Waals surface area contributed by atoms with Crippen molar-refractivity contribution in [1.82, 2.24) is 10.2 Å². The van der Waals surface area contributed by atoms with Crippen LogP contribution in [0.15, 0.2) is 0 Å². The monoisotopic (exact) mass is 301 g/mol. The van der Waals surface area contributed by atoms with Crippen molar-refractivity contribution in [2.24, 2.45) is 5.73 Å². The predicted octanol–water partition coefficient (Wildman–Crippen LogP) is 0.404. The summed E-state index contributed by atoms with van der Waals surface area (Å²) in [5, 5.41) is 2.98. The topological polar surface area (TPSA) is 67.6 Å². The van der Waals surface area contributed by atoms with E-state index in [-0.39, 0.29) is 43.4 Å². The smallest absolute Gasteiger partial charge is 0.239 e. The molecule has 0 radical (unpaired) electrons. The highest BCUT2D eigenvalue weighted by Crippen LogP contribution is 2.09. The van der Waals surface area contributed by atoms with E-state index in [4.69, 9.17) is 10.5 Å². The molecule has 1 heterocycles. The molecule has 1 saturated heterocycles. The van der Waals surface area contributed by atoms with Gasteiger partial charge in [0, 0.05) is 26.2 Å². The molecule has 1 aliphatic heterocycles. The van der Waals surface area contributed by atoms with Gasteiger partial charge in [-0.2, -0.15) is 0 Å². The minimum atomic E-state index is -0.547. The fraction of sp³-hybridized carbons (Fsp3) is 0.909. The third-order valence-corrected chi connectivity index (χ3v) is 3.06. The lowest BCUT2D eigenvalue weighted by Crippen LogP contribution is -2.50. The molecular formula is C11H25Cl2N3O2. The minimum absolute atomic E-state index is 0. The quantitative estimate of drug-likeness (QED) is 0.772. The molecule has 1 rings (SSSR count). The van der Waals surface area contributed by atoms with Crippen LogP contribution in [-0.4, -0.2) is 56.2 Å². The molecule has 1 atom stereocenters. The number of nitrogens with one attached hydrogen (secondary N) is 1. The summed E-state index contributed by atoms with van der Waals surface area (Å²) in [5.41, 5.74) is 5.65. The zero-order valence-electron chi connectivity index (χ0n) is 11.1. The molecule has 3 N–H and O–H groups in total. The van der Waals surface area contributed by atoms with Crippen LogP contribution in [0.1, 0.15) is 19.8 Å². The SMILES string of the molecule is CCN1CCC(NC(=O)C(N)COC)CC1.Cl.Cl. The first-order chi connectivity index (χ1) is 7.67. The minimum Gasteiger partial charge on any atom is -0.383 e. The van der Waals surface area contributed by atoms with Gasteiger partial charge < -0.3 is 20.7 Å². The molecule has 110 valence electrons. The third kappa shape index (κ3) is 6.75. The normalized spacial score (nSPS) is 18.4. The highest BCUT2D eigenvalue weighted by Gasteiger charge is 2.22. The second-order valence-corrected chi connectivity index (χ2v) is 4.28. The van der Waals surface area contributed by atoms with E-state index >= 15 is 0 Å². The van der Waals surface area contributed by atoms with E-state index in [1.54, 1.807) is 7.11 Å². The standard InChI is InChI=1S/C11H23N3O2.2ClH/c1-3-14-6-4-9(5-7-14)13-11(15)10(12)8-16-2;;/h9-10H,3-8,12H2,1-2H3,(H,13,15);2*1H. The van der Waals surface area contributed by atoms with E-state index in [0.717, 1.165) is 32.5 Å². The van der Waals surface area contributed by atoms with Crippen LogP contribution in [0.3, 0.4) is 0 Å². The molecule has 0 aromatic carbocycles. The van der Waals surface area contributed by atoms with E-state index in [9.17, 15) is 4.79 Å². The number of amides is 1. The molecule has 1 amide bonds. The molecule has 0 spiro atoms. The van der Waals surface area contributed by atoms with Gasteiger partial charge in [-0.15, -0.1) is 24.8 Å². The van der Waals surface area contributed by atoms with Gasteiger partial charge in [0.15, 0.2) is 0 Å². The lowest BCUT2D eigenvalue weighted by Gasteiger charge is -2.31. The van der Waals surface area contributed by atoms with Crippen molar-refractivity contribution in [3.63, 3.8) is 0 Å². The lowest BCUT2D eigenvalue weighted by molar-refractivity contribution is -0.124. The number of nitrogens with zero attached hydrogens (tertiary/aromatic N) is 1. The summed E-state index contributed by atoms with van der Waals surface area (Å²) in [6.07, 6.45) is 2.03. The molecule has 1 unspecified atom stereocenters. The van der Waals surface area contributed by atoms with Crippen molar-refractivity contribution in [1.29, 1.82) is 0 Å². The Balaban J connectivity index is 0. The van der Waals surface area contributed by atoms with Gasteiger partial charge in [-0.1, -0.05) is 6.92 Å². The van der Waals surface area contributed by atoms with Gasteiger partial charge in [0.05, 0.1) is 6.61 Å². The Morgan fingerprint density at radius 2 is 2.00 bits per heavy atom. The summed E-state index contributed by atoms with van der Waals surface area (Å²) >= 11 is 0. The van der Waals surface area contributed by atoms with Gasteiger partial charge in [-0.25, -0.2) is 0 Å². The number of hydrogen-bond acceptors (Lipinski definition) is 4. The van der Waals surface area contributed by atoms with Crippen molar-refractivity contribution in [2.45, 2.75) is 31.8 Å². The van der Waals surface area contributed by atoms with Crippen LogP contribution in [0, 0.1) is 0 Å². The molecule has 1 fully saturated rings. The van der Waals surface area contributed by atoms with Gasteiger partial charge >= 0.3 is 0 Å². The number of halogens is 2. The number of likely N-dealkylation sites (tertiary alicyclic amines) is 1. The molecule has 0 aromatic rings. The van der Waals surface area contributed by atoms with Crippen LogP contribution in [0.5, 0.6) is 0 Å². The first-order valence-electron chi connectivity index (χ1n) is 5.94. The zero-order valence-corrected chi connectivity index (χ0v) is 12.7. The van der Waals surface area contributed by atoms with Crippen molar-refractivity contribution in [3.8, 4) is 0 Å². The summed E-state index contributed by atoms with van der Waals surface area (Å²) in [4.78, 5) is 14.0. The number of carbonyl (C=O) groups excluding carboxylic acids is 1. The fourth-order valence-electron chi connectivity index (χ4n) is 1.96. The number of nitrogens with two attached hydrogens (primary N) is 1. The molecule has 1 aliphatic rings. The van der Waals surface area contributed by atoms with Crippen LogP contribution in [0.25, 0.3) is 0 Å². The summed E-state index contributed by atoms with van der Waals surface area (Å²) < 4.78 is 4.85. The average Bonchev–Trinajstić information content (AvgIpc) is 2.30. The number of methoxy groups -OCH3 is 1. The molecule has 0 aliphatic carbocycles. The maximum Gasteiger partial charge on any atom is 0.239 e. The highest BCUT2D eigenvalue weighted by molar-refractivity contribution is 5.85. The molecule has 18 heavy (non-hydrogen) atoms. The van der Waals surface area contributed by atoms with Gasteiger partial charge in [-0.05, 0) is 19.4 Å². The second kappa shape index (κ2) is 10.8. The maximum atomic E-state index is 11.6. The summed E-state index contributed by atoms with van der Waals surface area (Å²) in [7, 11) is 1.55. The molecule has 0 saturated carbocycles. The summed E-state index contributed by atoms with van der Waals surface area (Å²) in [5.74, 6) is -0.100.